The molecule has 5 heteroatoms. The molecule has 1 aliphatic carbocycles. The van der Waals surface area contributed by atoms with Crippen molar-refractivity contribution in [3.63, 3.8) is 0 Å². The summed E-state index contributed by atoms with van der Waals surface area (Å²) in [5.74, 6) is 0.560. The van der Waals surface area contributed by atoms with Gasteiger partial charge in [-0.05, 0) is 5.56 Å². The molecule has 2 N–H and O–H groups in total. The zero-order chi connectivity index (χ0) is 21.4. The topological polar surface area (TPSA) is 40.5 Å². The number of halogens is 2. The smallest absolute Gasteiger partial charge is 1.00 e. The second-order valence-corrected chi connectivity index (χ2v) is 7.45. The number of aliphatic hydroxyl groups is 2. The van der Waals surface area contributed by atoms with Crippen molar-refractivity contribution in [3.8, 4) is 11.1 Å². The number of aliphatic hydroxyl groups excluding tert-OH is 2. The summed E-state index contributed by atoms with van der Waals surface area (Å²) in [7, 11) is 0. The summed E-state index contributed by atoms with van der Waals surface area (Å²) >= 11 is 0. The van der Waals surface area contributed by atoms with E-state index < -0.39 is 0 Å². The van der Waals surface area contributed by atoms with Crippen molar-refractivity contribution < 1.29 is 61.2 Å². The van der Waals surface area contributed by atoms with Crippen LogP contribution >= 0.6 is 0 Å². The molecule has 0 bridgehead atoms. The van der Waals surface area contributed by atoms with Crippen LogP contribution in [0.5, 0.6) is 0 Å². The maximum atomic E-state index is 7.62. The van der Waals surface area contributed by atoms with Crippen LogP contribution in [0, 0.1) is 18.9 Å². The SMILES string of the molecule is CC1=[C-]C(C)C(C)=C1C.Cc1cc2c(-c3ccccc3)cccc2[cH-]1.OCCO.[Cl-].[Cl-].[Zr+4]. The third-order valence-corrected chi connectivity index (χ3v) is 5.32. The van der Waals surface area contributed by atoms with Gasteiger partial charge in [0, 0.05) is 0 Å². The first-order chi connectivity index (χ1) is 13.9. The number of allylic oxidation sites excluding steroid dienone is 4. The fraction of sp³-hybridized carbons (Fsp3) is 0.296. The molecule has 0 saturated carbocycles. The number of aryl methyl sites for hydroxylation is 1. The quantitative estimate of drug-likeness (QED) is 0.449. The molecule has 32 heavy (non-hydrogen) atoms. The standard InChI is InChI=1S/C16H13.C9H13.C2H6O2.2ClH.Zr/c1-12-10-14-8-5-9-15(16(14)11-12)13-6-3-2-4-7-13;1-6-5-7(2)9(4)8(6)3;3-1-2-4;;;/h2-11H,1H3;6H,1-4H3;3-4H,1-2H2;2*1H;/q2*-1;;;;+4/p-2. The Bertz CT molecular complexity index is 989. The predicted octanol–water partition coefficient (Wildman–Crippen LogP) is 0.233. The Labute approximate surface area is 224 Å². The fourth-order valence-corrected chi connectivity index (χ4v) is 3.42. The summed E-state index contributed by atoms with van der Waals surface area (Å²) < 4.78 is 0. The Morgan fingerprint density at radius 1 is 0.875 bits per heavy atom. The summed E-state index contributed by atoms with van der Waals surface area (Å²) in [4.78, 5) is 0. The zero-order valence-corrected chi connectivity index (χ0v) is 23.4. The van der Waals surface area contributed by atoms with E-state index in [0.29, 0.717) is 5.92 Å². The summed E-state index contributed by atoms with van der Waals surface area (Å²) in [6.07, 6.45) is 3.36. The van der Waals surface area contributed by atoms with Gasteiger partial charge in [0.2, 0.25) is 0 Å². The normalized spacial score (nSPS) is 14.0. The Morgan fingerprint density at radius 3 is 1.91 bits per heavy atom. The van der Waals surface area contributed by atoms with Gasteiger partial charge < -0.3 is 35.0 Å². The molecule has 1 atom stereocenters. The average molecular weight is 551 g/mol. The maximum absolute atomic E-state index is 7.62. The van der Waals surface area contributed by atoms with Gasteiger partial charge in [-0.2, -0.15) is 17.2 Å². The number of benzene rings is 2. The van der Waals surface area contributed by atoms with Crippen molar-refractivity contribution in [2.45, 2.75) is 34.6 Å². The minimum absolute atomic E-state index is 0. The second-order valence-electron chi connectivity index (χ2n) is 7.45. The van der Waals surface area contributed by atoms with Gasteiger partial charge in [-0.1, -0.05) is 75.6 Å². The first-order valence-corrected chi connectivity index (χ1v) is 10.1. The number of fused-ring (bicyclic) bond motifs is 1. The van der Waals surface area contributed by atoms with E-state index >= 15 is 0 Å². The maximum Gasteiger partial charge on any atom is 4.00 e. The van der Waals surface area contributed by atoms with Crippen LogP contribution in [0.15, 0.2) is 77.4 Å². The van der Waals surface area contributed by atoms with Gasteiger partial charge in [-0.25, -0.2) is 5.57 Å². The van der Waals surface area contributed by atoms with E-state index in [1.54, 1.807) is 0 Å². The average Bonchev–Trinajstić information content (AvgIpc) is 3.23. The van der Waals surface area contributed by atoms with Crippen molar-refractivity contribution in [2.75, 3.05) is 13.2 Å². The molecule has 2 nitrogen and oxygen atoms in total. The molecule has 1 unspecified atom stereocenters. The second kappa shape index (κ2) is 16.5. The van der Waals surface area contributed by atoms with Crippen molar-refractivity contribution in [1.82, 2.24) is 0 Å². The third kappa shape index (κ3) is 9.04. The number of hydrogen-bond acceptors (Lipinski definition) is 2. The van der Waals surface area contributed by atoms with E-state index in [0.717, 1.165) is 0 Å². The van der Waals surface area contributed by atoms with Crippen LogP contribution in [0.1, 0.15) is 33.3 Å². The van der Waals surface area contributed by atoms with Gasteiger partial charge in [0.15, 0.2) is 0 Å². The van der Waals surface area contributed by atoms with Crippen LogP contribution in [0.4, 0.5) is 0 Å². The Hall–Kier alpha value is -1.09. The van der Waals surface area contributed by atoms with Gasteiger partial charge in [-0.3, -0.25) is 6.08 Å². The van der Waals surface area contributed by atoms with Crippen molar-refractivity contribution in [3.05, 3.63) is 89.0 Å². The molecule has 0 saturated heterocycles. The molecule has 0 spiro atoms. The van der Waals surface area contributed by atoms with Crippen molar-refractivity contribution >= 4 is 10.8 Å². The van der Waals surface area contributed by atoms with E-state index in [2.05, 4.69) is 101 Å². The summed E-state index contributed by atoms with van der Waals surface area (Å²) in [6.45, 7) is 10.6. The van der Waals surface area contributed by atoms with Crippen molar-refractivity contribution in [1.29, 1.82) is 0 Å². The minimum Gasteiger partial charge on any atom is -1.00 e. The van der Waals surface area contributed by atoms with E-state index in [9.17, 15) is 0 Å². The summed E-state index contributed by atoms with van der Waals surface area (Å²) in [5.41, 5.74) is 8.19. The van der Waals surface area contributed by atoms with Gasteiger partial charge in [0.25, 0.3) is 0 Å². The molecule has 170 valence electrons. The molecule has 0 amide bonds. The molecular formula is C27H32Cl2O2Zr. The minimum atomic E-state index is -0.125. The molecule has 0 radical (unpaired) electrons. The molecule has 0 heterocycles. The van der Waals surface area contributed by atoms with Crippen LogP contribution in [0.3, 0.4) is 0 Å². The molecule has 0 fully saturated rings. The van der Waals surface area contributed by atoms with E-state index in [4.69, 9.17) is 10.2 Å². The first kappa shape index (κ1) is 33.1. The molecule has 4 rings (SSSR count). The Kier molecular flexibility index (Phi) is 17.1. The molecule has 1 aliphatic rings. The predicted molar refractivity (Wildman–Crippen MR) is 124 cm³/mol. The van der Waals surface area contributed by atoms with Crippen LogP contribution in [0.2, 0.25) is 0 Å². The van der Waals surface area contributed by atoms with Gasteiger partial charge in [0.05, 0.1) is 13.2 Å². The molecule has 3 aromatic carbocycles. The number of hydrogen-bond donors (Lipinski definition) is 2. The van der Waals surface area contributed by atoms with E-state index in [1.807, 2.05) is 0 Å². The van der Waals surface area contributed by atoms with E-state index in [1.165, 1.54) is 44.2 Å². The summed E-state index contributed by atoms with van der Waals surface area (Å²) in [5, 5.41) is 17.9. The molecular weight excluding hydrogens is 518 g/mol. The van der Waals surface area contributed by atoms with Crippen LogP contribution in [-0.2, 0) is 26.2 Å². The fourth-order valence-electron chi connectivity index (χ4n) is 3.42. The zero-order valence-electron chi connectivity index (χ0n) is 19.4. The van der Waals surface area contributed by atoms with Crippen LogP contribution in [-0.4, -0.2) is 23.4 Å². The van der Waals surface area contributed by atoms with E-state index in [-0.39, 0.29) is 64.2 Å². The molecule has 3 aromatic rings. The van der Waals surface area contributed by atoms with Crippen LogP contribution < -0.4 is 24.8 Å². The monoisotopic (exact) mass is 548 g/mol. The van der Waals surface area contributed by atoms with Gasteiger partial charge in [0.1, 0.15) is 0 Å². The van der Waals surface area contributed by atoms with Crippen LogP contribution in [0.25, 0.3) is 21.9 Å². The number of rotatable bonds is 2. The van der Waals surface area contributed by atoms with Gasteiger partial charge >= 0.3 is 26.2 Å². The molecule has 0 aromatic heterocycles. The molecule has 0 aliphatic heterocycles. The Morgan fingerprint density at radius 2 is 1.47 bits per heavy atom. The Balaban J connectivity index is 0. The first-order valence-electron chi connectivity index (χ1n) is 10.1. The van der Waals surface area contributed by atoms with Gasteiger partial charge in [-0.15, -0.1) is 41.5 Å². The van der Waals surface area contributed by atoms with Crippen molar-refractivity contribution in [2.24, 2.45) is 5.92 Å². The third-order valence-electron chi connectivity index (χ3n) is 5.32. The largest absolute Gasteiger partial charge is 4.00 e. The summed E-state index contributed by atoms with van der Waals surface area (Å²) in [6, 6.07) is 21.6.